The molecule has 0 spiro atoms. The van der Waals surface area contributed by atoms with Gasteiger partial charge < -0.3 is 5.32 Å². The fraction of sp³-hybridized carbons (Fsp3) is 0.500. The average Bonchev–Trinajstić information content (AvgIpc) is 3.13. The van der Waals surface area contributed by atoms with Crippen LogP contribution in [0.5, 0.6) is 0 Å². The van der Waals surface area contributed by atoms with Gasteiger partial charge in [-0.15, -0.1) is 0 Å². The normalized spacial score (nSPS) is 19.0. The molecule has 2 unspecified atom stereocenters. The zero-order valence-corrected chi connectivity index (χ0v) is 11.9. The van der Waals surface area contributed by atoms with Crippen molar-refractivity contribution in [1.29, 1.82) is 0 Å². The Kier molecular flexibility index (Phi) is 4.47. The van der Waals surface area contributed by atoms with E-state index in [1.54, 1.807) is 18.2 Å². The van der Waals surface area contributed by atoms with Crippen LogP contribution < -0.4 is 5.32 Å². The van der Waals surface area contributed by atoms with Crippen molar-refractivity contribution in [3.8, 4) is 0 Å². The minimum Gasteiger partial charge on any atom is -0.316 e. The Morgan fingerprint density at radius 2 is 2.12 bits per heavy atom. The second-order valence-corrected chi connectivity index (χ2v) is 6.63. The van der Waals surface area contributed by atoms with E-state index in [2.05, 4.69) is 5.32 Å². The lowest BCUT2D eigenvalue weighted by molar-refractivity contribution is 0.546. The SMILES string of the molecule is CNC(CS(=O)c1ccc(Cl)c(Cl)c1)C1CC1. The summed E-state index contributed by atoms with van der Waals surface area (Å²) < 4.78 is 12.2. The second-order valence-electron chi connectivity index (χ2n) is 4.32. The molecule has 1 N–H and O–H groups in total. The molecule has 2 rings (SSSR count). The monoisotopic (exact) mass is 291 g/mol. The molecule has 1 aliphatic carbocycles. The number of rotatable bonds is 5. The molecule has 0 bridgehead atoms. The van der Waals surface area contributed by atoms with E-state index in [4.69, 9.17) is 23.2 Å². The van der Waals surface area contributed by atoms with E-state index in [1.165, 1.54) is 12.8 Å². The number of benzene rings is 1. The molecule has 0 aromatic heterocycles. The maximum absolute atomic E-state index is 12.2. The molecule has 1 aromatic carbocycles. The molecule has 1 saturated carbocycles. The highest BCUT2D eigenvalue weighted by Crippen LogP contribution is 2.33. The van der Waals surface area contributed by atoms with Crippen molar-refractivity contribution in [2.45, 2.75) is 23.8 Å². The first kappa shape index (κ1) is 13.3. The van der Waals surface area contributed by atoms with Crippen molar-refractivity contribution in [3.63, 3.8) is 0 Å². The summed E-state index contributed by atoms with van der Waals surface area (Å²) in [7, 11) is 0.908. The molecular weight excluding hydrogens is 277 g/mol. The Morgan fingerprint density at radius 1 is 1.41 bits per heavy atom. The van der Waals surface area contributed by atoms with E-state index in [0.717, 1.165) is 4.90 Å². The maximum atomic E-state index is 12.2. The third-order valence-electron chi connectivity index (χ3n) is 3.05. The first-order chi connectivity index (χ1) is 8.11. The largest absolute Gasteiger partial charge is 0.316 e. The number of hydrogen-bond acceptors (Lipinski definition) is 2. The van der Waals surface area contributed by atoms with Crippen molar-refractivity contribution < 1.29 is 4.21 Å². The van der Waals surface area contributed by atoms with Gasteiger partial charge in [-0.1, -0.05) is 23.2 Å². The van der Waals surface area contributed by atoms with Crippen molar-refractivity contribution in [3.05, 3.63) is 28.2 Å². The third kappa shape index (κ3) is 3.44. The molecule has 1 aromatic rings. The molecule has 0 aliphatic heterocycles. The van der Waals surface area contributed by atoms with Gasteiger partial charge in [0.25, 0.3) is 0 Å². The lowest BCUT2D eigenvalue weighted by atomic mass is 10.2. The minimum atomic E-state index is -1.02. The number of hydrogen-bond donors (Lipinski definition) is 1. The van der Waals surface area contributed by atoms with E-state index < -0.39 is 10.8 Å². The van der Waals surface area contributed by atoms with Crippen LogP contribution in [0.2, 0.25) is 10.0 Å². The minimum absolute atomic E-state index is 0.338. The summed E-state index contributed by atoms with van der Waals surface area (Å²) in [5.41, 5.74) is 0. The molecule has 17 heavy (non-hydrogen) atoms. The maximum Gasteiger partial charge on any atom is 0.0604 e. The van der Waals surface area contributed by atoms with Crippen molar-refractivity contribution in [1.82, 2.24) is 5.32 Å². The molecule has 2 nitrogen and oxygen atoms in total. The van der Waals surface area contributed by atoms with E-state index in [-0.39, 0.29) is 0 Å². The molecule has 5 heteroatoms. The van der Waals surface area contributed by atoms with Gasteiger partial charge in [0.15, 0.2) is 0 Å². The van der Waals surface area contributed by atoms with Crippen LogP contribution >= 0.6 is 23.2 Å². The van der Waals surface area contributed by atoms with Crippen LogP contribution in [-0.2, 0) is 10.8 Å². The van der Waals surface area contributed by atoms with Gasteiger partial charge in [-0.05, 0) is 44.0 Å². The molecule has 1 aliphatic rings. The Labute approximate surface area is 114 Å². The molecule has 0 amide bonds. The summed E-state index contributed by atoms with van der Waals surface area (Å²) in [5.74, 6) is 1.32. The lowest BCUT2D eigenvalue weighted by Gasteiger charge is -2.14. The predicted octanol–water partition coefficient (Wildman–Crippen LogP) is 3.10. The molecule has 1 fully saturated rings. The van der Waals surface area contributed by atoms with E-state index in [9.17, 15) is 4.21 Å². The Hall–Kier alpha value is -0.0900. The zero-order valence-electron chi connectivity index (χ0n) is 9.58. The smallest absolute Gasteiger partial charge is 0.0604 e. The van der Waals surface area contributed by atoms with Gasteiger partial charge in [0.05, 0.1) is 20.8 Å². The lowest BCUT2D eigenvalue weighted by Crippen LogP contribution is -2.33. The summed E-state index contributed by atoms with van der Waals surface area (Å²) in [5, 5.41) is 4.20. The van der Waals surface area contributed by atoms with Gasteiger partial charge in [0.1, 0.15) is 0 Å². The van der Waals surface area contributed by atoms with E-state index in [1.807, 2.05) is 7.05 Å². The Morgan fingerprint density at radius 3 is 2.65 bits per heavy atom. The first-order valence-corrected chi connectivity index (χ1v) is 7.70. The van der Waals surface area contributed by atoms with Crippen LogP contribution in [0.1, 0.15) is 12.8 Å². The quantitative estimate of drug-likeness (QED) is 0.903. The summed E-state index contributed by atoms with van der Waals surface area (Å²) in [6.07, 6.45) is 2.48. The van der Waals surface area contributed by atoms with Crippen LogP contribution in [0, 0.1) is 5.92 Å². The van der Waals surface area contributed by atoms with Crippen LogP contribution in [0.25, 0.3) is 0 Å². The number of nitrogens with one attached hydrogen (secondary N) is 1. The van der Waals surface area contributed by atoms with Crippen molar-refractivity contribution in [2.75, 3.05) is 12.8 Å². The Balaban J connectivity index is 2.05. The van der Waals surface area contributed by atoms with Crippen LogP contribution in [0.15, 0.2) is 23.1 Å². The molecule has 2 atom stereocenters. The average molecular weight is 292 g/mol. The van der Waals surface area contributed by atoms with Crippen LogP contribution in [0.4, 0.5) is 0 Å². The first-order valence-electron chi connectivity index (χ1n) is 5.62. The third-order valence-corrected chi connectivity index (χ3v) is 5.23. The molecule has 0 heterocycles. The van der Waals surface area contributed by atoms with Crippen LogP contribution in [0.3, 0.4) is 0 Å². The van der Waals surface area contributed by atoms with Gasteiger partial charge in [-0.2, -0.15) is 0 Å². The molecular formula is C12H15Cl2NOS. The fourth-order valence-corrected chi connectivity index (χ4v) is 3.62. The van der Waals surface area contributed by atoms with E-state index in [0.29, 0.717) is 27.8 Å². The van der Waals surface area contributed by atoms with E-state index >= 15 is 0 Å². The van der Waals surface area contributed by atoms with Crippen molar-refractivity contribution >= 4 is 34.0 Å². The highest BCUT2D eigenvalue weighted by atomic mass is 35.5. The summed E-state index contributed by atoms with van der Waals surface area (Å²) in [6, 6.07) is 5.51. The summed E-state index contributed by atoms with van der Waals surface area (Å²) in [4.78, 5) is 0.750. The Bertz CT molecular complexity index is 435. The molecule has 0 radical (unpaired) electrons. The molecule has 0 saturated heterocycles. The van der Waals surface area contributed by atoms with Gasteiger partial charge in [0.2, 0.25) is 0 Å². The topological polar surface area (TPSA) is 29.1 Å². The summed E-state index contributed by atoms with van der Waals surface area (Å²) in [6.45, 7) is 0. The second kappa shape index (κ2) is 5.70. The fourth-order valence-electron chi connectivity index (χ4n) is 1.83. The van der Waals surface area contributed by atoms with Gasteiger partial charge >= 0.3 is 0 Å². The van der Waals surface area contributed by atoms with Gasteiger partial charge in [-0.25, -0.2) is 0 Å². The zero-order chi connectivity index (χ0) is 12.4. The highest BCUT2D eigenvalue weighted by Gasteiger charge is 2.31. The van der Waals surface area contributed by atoms with Crippen LogP contribution in [-0.4, -0.2) is 23.1 Å². The standard InChI is InChI=1S/C12H15Cl2NOS/c1-15-12(8-2-3-8)7-17(16)9-4-5-10(13)11(14)6-9/h4-6,8,12,15H,2-3,7H2,1H3. The van der Waals surface area contributed by atoms with Gasteiger partial charge in [0, 0.05) is 16.7 Å². The predicted molar refractivity (Wildman–Crippen MR) is 73.3 cm³/mol. The molecule has 94 valence electrons. The summed E-state index contributed by atoms with van der Waals surface area (Å²) >= 11 is 11.8. The van der Waals surface area contributed by atoms with Crippen molar-refractivity contribution in [2.24, 2.45) is 5.92 Å². The highest BCUT2D eigenvalue weighted by molar-refractivity contribution is 7.85. The van der Waals surface area contributed by atoms with Gasteiger partial charge in [-0.3, -0.25) is 4.21 Å². The number of halogens is 2.